The van der Waals surface area contributed by atoms with Crippen LogP contribution < -0.4 is 10.6 Å². The van der Waals surface area contributed by atoms with Gasteiger partial charge in [0.2, 0.25) is 0 Å². The fraction of sp³-hybridized carbons (Fsp3) is 0.308. The molecule has 0 aliphatic rings. The van der Waals surface area contributed by atoms with Gasteiger partial charge in [-0.15, -0.1) is 6.42 Å². The quantitative estimate of drug-likeness (QED) is 0.643. The second kappa shape index (κ2) is 5.49. The molecule has 0 atom stereocenters. The summed E-state index contributed by atoms with van der Waals surface area (Å²) in [5.41, 5.74) is -1.16. The van der Waals surface area contributed by atoms with Gasteiger partial charge in [0.15, 0.2) is 5.11 Å². The highest BCUT2D eigenvalue weighted by atomic mass is 32.1. The SMILES string of the molecule is C#CC(C)(C)NC(=S)Nc1cccc(C(F)(F)F)c1. The van der Waals surface area contributed by atoms with E-state index in [4.69, 9.17) is 18.6 Å². The number of thiocarbonyl (C=S) groups is 1. The van der Waals surface area contributed by atoms with Gasteiger partial charge in [0.25, 0.3) is 0 Å². The minimum absolute atomic E-state index is 0.169. The summed E-state index contributed by atoms with van der Waals surface area (Å²) in [5.74, 6) is 2.48. The van der Waals surface area contributed by atoms with Crippen molar-refractivity contribution in [1.29, 1.82) is 0 Å². The normalized spacial score (nSPS) is 11.6. The summed E-state index contributed by atoms with van der Waals surface area (Å²) >= 11 is 4.99. The number of alkyl halides is 3. The molecule has 0 spiro atoms. The van der Waals surface area contributed by atoms with E-state index in [0.717, 1.165) is 12.1 Å². The molecule has 0 bridgehead atoms. The first kappa shape index (κ1) is 15.3. The van der Waals surface area contributed by atoms with Crippen LogP contribution in [0.25, 0.3) is 0 Å². The highest BCUT2D eigenvalue weighted by Crippen LogP contribution is 2.30. The van der Waals surface area contributed by atoms with Gasteiger partial charge in [0.1, 0.15) is 0 Å². The fourth-order valence-corrected chi connectivity index (χ4v) is 1.63. The molecule has 0 saturated carbocycles. The molecule has 0 aromatic heterocycles. The molecule has 0 unspecified atom stereocenters. The standard InChI is InChI=1S/C13H13F3N2S/c1-4-12(2,3)18-11(19)17-10-7-5-6-9(8-10)13(14,15)16/h1,5-8H,2-3H3,(H2,17,18,19). The number of hydrogen-bond acceptors (Lipinski definition) is 1. The van der Waals surface area contributed by atoms with E-state index in [1.54, 1.807) is 13.8 Å². The maximum absolute atomic E-state index is 12.5. The third-order valence-electron chi connectivity index (χ3n) is 2.23. The zero-order valence-electron chi connectivity index (χ0n) is 10.4. The van der Waals surface area contributed by atoms with Gasteiger partial charge >= 0.3 is 6.18 Å². The number of terminal acetylenes is 1. The Balaban J connectivity index is 2.79. The molecular formula is C13H13F3N2S. The molecule has 6 heteroatoms. The second-order valence-corrected chi connectivity index (χ2v) is 4.84. The summed E-state index contributed by atoms with van der Waals surface area (Å²) in [6, 6.07) is 4.77. The summed E-state index contributed by atoms with van der Waals surface area (Å²) < 4.78 is 37.6. The van der Waals surface area contributed by atoms with Gasteiger partial charge in [-0.25, -0.2) is 0 Å². The van der Waals surface area contributed by atoms with Crippen molar-refractivity contribution in [2.75, 3.05) is 5.32 Å². The van der Waals surface area contributed by atoms with Crippen molar-refractivity contribution in [3.63, 3.8) is 0 Å². The first-order valence-corrected chi connectivity index (χ1v) is 5.79. The Labute approximate surface area is 115 Å². The maximum Gasteiger partial charge on any atom is 0.416 e. The third kappa shape index (κ3) is 4.79. The Morgan fingerprint density at radius 2 is 1.95 bits per heavy atom. The molecule has 0 amide bonds. The van der Waals surface area contributed by atoms with Gasteiger partial charge in [0, 0.05) is 5.69 Å². The van der Waals surface area contributed by atoms with Gasteiger partial charge in [-0.3, -0.25) is 0 Å². The highest BCUT2D eigenvalue weighted by Gasteiger charge is 2.30. The van der Waals surface area contributed by atoms with Crippen LogP contribution in [-0.4, -0.2) is 10.7 Å². The fourth-order valence-electron chi connectivity index (χ4n) is 1.26. The van der Waals surface area contributed by atoms with Crippen LogP contribution in [0.4, 0.5) is 18.9 Å². The van der Waals surface area contributed by atoms with E-state index in [1.807, 2.05) is 0 Å². The van der Waals surface area contributed by atoms with Gasteiger partial charge in [0.05, 0.1) is 11.1 Å². The Bertz CT molecular complexity index is 515. The van der Waals surface area contributed by atoms with Crippen LogP contribution in [0.15, 0.2) is 24.3 Å². The molecule has 0 heterocycles. The molecule has 2 nitrogen and oxygen atoms in total. The van der Waals surface area contributed by atoms with E-state index < -0.39 is 17.3 Å². The smallest absolute Gasteiger partial charge is 0.347 e. The number of hydrogen-bond donors (Lipinski definition) is 2. The van der Waals surface area contributed by atoms with Crippen LogP contribution in [0.2, 0.25) is 0 Å². The highest BCUT2D eigenvalue weighted by molar-refractivity contribution is 7.80. The van der Waals surface area contributed by atoms with Gasteiger partial charge < -0.3 is 10.6 Å². The van der Waals surface area contributed by atoms with E-state index in [0.29, 0.717) is 0 Å². The van der Waals surface area contributed by atoms with Gasteiger partial charge in [-0.05, 0) is 44.3 Å². The molecule has 1 rings (SSSR count). The maximum atomic E-state index is 12.5. The van der Waals surface area contributed by atoms with Crippen LogP contribution in [-0.2, 0) is 6.18 Å². The van der Waals surface area contributed by atoms with Crippen molar-refractivity contribution in [3.8, 4) is 12.3 Å². The van der Waals surface area contributed by atoms with Crippen molar-refractivity contribution >= 4 is 23.0 Å². The summed E-state index contributed by atoms with van der Waals surface area (Å²) in [5, 5.41) is 5.65. The lowest BCUT2D eigenvalue weighted by molar-refractivity contribution is -0.137. The van der Waals surface area contributed by atoms with E-state index in [9.17, 15) is 13.2 Å². The van der Waals surface area contributed by atoms with Crippen molar-refractivity contribution in [2.24, 2.45) is 0 Å². The van der Waals surface area contributed by atoms with Crippen LogP contribution in [0.3, 0.4) is 0 Å². The largest absolute Gasteiger partial charge is 0.416 e. The molecule has 1 aromatic rings. The van der Waals surface area contributed by atoms with Crippen LogP contribution >= 0.6 is 12.2 Å². The number of nitrogens with one attached hydrogen (secondary N) is 2. The van der Waals surface area contributed by atoms with Crippen molar-refractivity contribution in [3.05, 3.63) is 29.8 Å². The summed E-state index contributed by atoms with van der Waals surface area (Å²) in [6.07, 6.45) is 0.896. The third-order valence-corrected chi connectivity index (χ3v) is 2.44. The van der Waals surface area contributed by atoms with Crippen molar-refractivity contribution in [2.45, 2.75) is 25.6 Å². The monoisotopic (exact) mass is 286 g/mol. The summed E-state index contributed by atoms with van der Waals surface area (Å²) in [7, 11) is 0. The topological polar surface area (TPSA) is 24.1 Å². The number of benzene rings is 1. The van der Waals surface area contributed by atoms with E-state index in [-0.39, 0.29) is 10.8 Å². The summed E-state index contributed by atoms with van der Waals surface area (Å²) in [6.45, 7) is 3.46. The average molecular weight is 286 g/mol. The van der Waals surface area contributed by atoms with E-state index in [2.05, 4.69) is 16.6 Å². The minimum Gasteiger partial charge on any atom is -0.347 e. The first-order chi connectivity index (χ1) is 8.64. The Kier molecular flexibility index (Phi) is 4.43. The minimum atomic E-state index is -4.38. The number of rotatable bonds is 2. The lowest BCUT2D eigenvalue weighted by Gasteiger charge is -2.22. The van der Waals surface area contributed by atoms with Crippen LogP contribution in [0.1, 0.15) is 19.4 Å². The van der Waals surface area contributed by atoms with Gasteiger partial charge in [-0.1, -0.05) is 12.0 Å². The van der Waals surface area contributed by atoms with Crippen LogP contribution in [0, 0.1) is 12.3 Å². The Hall–Kier alpha value is -1.74. The Morgan fingerprint density at radius 3 is 2.47 bits per heavy atom. The van der Waals surface area contributed by atoms with Gasteiger partial charge in [-0.2, -0.15) is 13.2 Å². The number of halogens is 3. The first-order valence-electron chi connectivity index (χ1n) is 5.38. The predicted molar refractivity (Wildman–Crippen MR) is 73.7 cm³/mol. The van der Waals surface area contributed by atoms with Crippen LogP contribution in [0.5, 0.6) is 0 Å². The summed E-state index contributed by atoms with van der Waals surface area (Å²) in [4.78, 5) is 0. The zero-order chi connectivity index (χ0) is 14.7. The molecule has 0 saturated heterocycles. The van der Waals surface area contributed by atoms with Crippen molar-refractivity contribution < 1.29 is 13.2 Å². The molecule has 0 aliphatic heterocycles. The molecule has 102 valence electrons. The Morgan fingerprint density at radius 1 is 1.32 bits per heavy atom. The lowest BCUT2D eigenvalue weighted by atomic mass is 10.1. The average Bonchev–Trinajstić information content (AvgIpc) is 2.27. The molecule has 0 radical (unpaired) electrons. The zero-order valence-corrected chi connectivity index (χ0v) is 11.2. The molecule has 19 heavy (non-hydrogen) atoms. The molecule has 0 fully saturated rings. The van der Waals surface area contributed by atoms with E-state index >= 15 is 0 Å². The molecule has 2 N–H and O–H groups in total. The number of anilines is 1. The molecule has 0 aliphatic carbocycles. The lowest BCUT2D eigenvalue weighted by Crippen LogP contribution is -2.44. The second-order valence-electron chi connectivity index (χ2n) is 4.43. The van der Waals surface area contributed by atoms with Crippen molar-refractivity contribution in [1.82, 2.24) is 5.32 Å². The molecular weight excluding hydrogens is 273 g/mol. The molecule has 1 aromatic carbocycles. The predicted octanol–water partition coefficient (Wildman–Crippen LogP) is 3.40. The van der Waals surface area contributed by atoms with E-state index in [1.165, 1.54) is 12.1 Å².